The molecule has 1 aliphatic rings. The average Bonchev–Trinajstić information content (AvgIpc) is 2.99. The molecule has 2 unspecified atom stereocenters. The first-order chi connectivity index (χ1) is 12.3. The molecule has 2 heterocycles. The minimum Gasteiger partial charge on any atom is -0.479 e. The third kappa shape index (κ3) is 2.59. The highest BCUT2D eigenvalue weighted by molar-refractivity contribution is 7.98. The molecule has 0 aliphatic heterocycles. The van der Waals surface area contributed by atoms with Gasteiger partial charge in [-0.2, -0.15) is 0 Å². The summed E-state index contributed by atoms with van der Waals surface area (Å²) < 4.78 is 7.46. The third-order valence-electron chi connectivity index (χ3n) is 5.37. The minimum atomic E-state index is -1.38. The van der Waals surface area contributed by atoms with Crippen LogP contribution < -0.4 is 5.32 Å². The van der Waals surface area contributed by atoms with Gasteiger partial charge in [0, 0.05) is 24.6 Å². The number of aliphatic carboxylic acids is 1. The van der Waals surface area contributed by atoms with Crippen LogP contribution in [0.15, 0.2) is 29.6 Å². The summed E-state index contributed by atoms with van der Waals surface area (Å²) >= 11 is 1.42. The number of carboxylic acids is 1. The second kappa shape index (κ2) is 6.59. The summed E-state index contributed by atoms with van der Waals surface area (Å²) in [6.07, 6.45) is 3.72. The molecule has 0 bridgehead atoms. The largest absolute Gasteiger partial charge is 0.479 e. The van der Waals surface area contributed by atoms with E-state index < -0.39 is 22.8 Å². The van der Waals surface area contributed by atoms with Crippen LogP contribution >= 0.6 is 11.8 Å². The number of rotatable bonds is 6. The number of ether oxygens (including phenoxy) is 1. The van der Waals surface area contributed by atoms with Crippen molar-refractivity contribution < 1.29 is 19.4 Å². The van der Waals surface area contributed by atoms with Crippen molar-refractivity contribution in [1.29, 1.82) is 0 Å². The van der Waals surface area contributed by atoms with Crippen molar-refractivity contribution in [3.8, 4) is 0 Å². The number of nitrogens with one attached hydrogen (secondary N) is 1. The Bertz CT molecular complexity index is 863. The molecule has 2 N–H and O–H groups in total. The normalized spacial score (nSPS) is 24.2. The Labute approximate surface area is 156 Å². The molecule has 1 saturated carbocycles. The van der Waals surface area contributed by atoms with Crippen molar-refractivity contribution >= 4 is 29.2 Å². The lowest BCUT2D eigenvalue weighted by atomic mass is 9.54. The fourth-order valence-corrected chi connectivity index (χ4v) is 4.15. The van der Waals surface area contributed by atoms with Gasteiger partial charge in [-0.3, -0.25) is 9.20 Å². The summed E-state index contributed by atoms with van der Waals surface area (Å²) in [4.78, 5) is 29.4. The van der Waals surface area contributed by atoms with Crippen molar-refractivity contribution in [2.45, 2.75) is 44.0 Å². The standard InChI is InChI=1S/C18H23N3O4S/c1-5-25-12-10-18(15(23)24,17(12,2)3)20-14(22)13-11-8-6-7-9-21(11)16(19-13)26-4/h6-9,12H,5,10H2,1-4H3,(H,20,22)(H,23,24). The zero-order chi connectivity index (χ0) is 19.1. The lowest BCUT2D eigenvalue weighted by Crippen LogP contribution is -2.76. The Morgan fingerprint density at radius 1 is 1.46 bits per heavy atom. The summed E-state index contributed by atoms with van der Waals surface area (Å²) in [6.45, 7) is 5.99. The molecule has 8 heteroatoms. The van der Waals surface area contributed by atoms with Crippen LogP contribution in [0.4, 0.5) is 0 Å². The second-order valence-corrected chi connectivity index (χ2v) is 7.71. The van der Waals surface area contributed by atoms with E-state index in [0.717, 1.165) is 0 Å². The molecule has 2 aromatic rings. The Kier molecular flexibility index (Phi) is 4.74. The first kappa shape index (κ1) is 18.7. The van der Waals surface area contributed by atoms with Crippen molar-refractivity contribution in [1.82, 2.24) is 14.7 Å². The predicted molar refractivity (Wildman–Crippen MR) is 98.6 cm³/mol. The van der Waals surface area contributed by atoms with Gasteiger partial charge in [-0.05, 0) is 25.3 Å². The Morgan fingerprint density at radius 2 is 2.19 bits per heavy atom. The SMILES string of the molecule is CCOC1CC(NC(=O)c2nc(SC)n3ccccc23)(C(=O)O)C1(C)C. The molecule has 1 amide bonds. The number of nitrogens with zero attached hydrogens (tertiary/aromatic N) is 2. The number of hydrogen-bond acceptors (Lipinski definition) is 5. The van der Waals surface area contributed by atoms with Gasteiger partial charge < -0.3 is 15.2 Å². The fourth-order valence-electron chi connectivity index (χ4n) is 3.61. The van der Waals surface area contributed by atoms with Crippen LogP contribution in [-0.2, 0) is 9.53 Å². The zero-order valence-corrected chi connectivity index (χ0v) is 16.1. The smallest absolute Gasteiger partial charge is 0.330 e. The van der Waals surface area contributed by atoms with Gasteiger partial charge in [0.15, 0.2) is 10.9 Å². The molecule has 1 fully saturated rings. The van der Waals surface area contributed by atoms with E-state index in [9.17, 15) is 14.7 Å². The van der Waals surface area contributed by atoms with Gasteiger partial charge in [0.2, 0.25) is 0 Å². The highest BCUT2D eigenvalue weighted by Gasteiger charge is 2.66. The molecule has 1 aliphatic carbocycles. The molecule has 2 aromatic heterocycles. The maximum atomic E-state index is 13.0. The topological polar surface area (TPSA) is 92.9 Å². The number of amides is 1. The van der Waals surface area contributed by atoms with Crippen LogP contribution in [0.2, 0.25) is 0 Å². The van der Waals surface area contributed by atoms with Crippen LogP contribution in [0.25, 0.3) is 5.52 Å². The van der Waals surface area contributed by atoms with Gasteiger partial charge >= 0.3 is 5.97 Å². The molecule has 140 valence electrons. The number of carbonyl (C=O) groups is 2. The average molecular weight is 377 g/mol. The van der Waals surface area contributed by atoms with E-state index in [-0.39, 0.29) is 18.2 Å². The molecule has 2 atom stereocenters. The van der Waals surface area contributed by atoms with Crippen LogP contribution in [0.3, 0.4) is 0 Å². The fraction of sp³-hybridized carbons (Fsp3) is 0.500. The number of pyridine rings is 1. The van der Waals surface area contributed by atoms with Crippen LogP contribution in [0.5, 0.6) is 0 Å². The molecule has 0 radical (unpaired) electrons. The summed E-state index contributed by atoms with van der Waals surface area (Å²) in [5.74, 6) is -1.54. The third-order valence-corrected chi connectivity index (χ3v) is 6.02. The second-order valence-electron chi connectivity index (χ2n) is 6.94. The van der Waals surface area contributed by atoms with E-state index in [0.29, 0.717) is 17.3 Å². The highest BCUT2D eigenvalue weighted by atomic mass is 32.2. The van der Waals surface area contributed by atoms with Gasteiger partial charge in [-0.1, -0.05) is 31.7 Å². The van der Waals surface area contributed by atoms with Gasteiger partial charge in [0.05, 0.1) is 11.6 Å². The number of thioether (sulfide) groups is 1. The summed E-state index contributed by atoms with van der Waals surface area (Å²) in [6, 6.07) is 5.48. The molecular weight excluding hydrogens is 354 g/mol. The van der Waals surface area contributed by atoms with E-state index in [1.54, 1.807) is 6.07 Å². The highest BCUT2D eigenvalue weighted by Crippen LogP contribution is 2.51. The van der Waals surface area contributed by atoms with Crippen molar-refractivity contribution in [2.24, 2.45) is 5.41 Å². The van der Waals surface area contributed by atoms with Crippen LogP contribution in [0, 0.1) is 5.41 Å². The van der Waals surface area contributed by atoms with E-state index in [2.05, 4.69) is 10.3 Å². The molecule has 26 heavy (non-hydrogen) atoms. The number of hydrogen-bond donors (Lipinski definition) is 2. The number of imidazole rings is 1. The maximum Gasteiger partial charge on any atom is 0.330 e. The van der Waals surface area contributed by atoms with Gasteiger partial charge in [0.1, 0.15) is 5.54 Å². The quantitative estimate of drug-likeness (QED) is 0.751. The summed E-state index contributed by atoms with van der Waals surface area (Å²) in [5.41, 5.74) is -1.24. The number of carbonyl (C=O) groups excluding carboxylic acids is 1. The monoisotopic (exact) mass is 377 g/mol. The molecule has 0 saturated heterocycles. The Morgan fingerprint density at radius 3 is 2.77 bits per heavy atom. The van der Waals surface area contributed by atoms with Gasteiger partial charge in [0.25, 0.3) is 5.91 Å². The lowest BCUT2D eigenvalue weighted by Gasteiger charge is -2.58. The van der Waals surface area contributed by atoms with Crippen molar-refractivity contribution in [3.63, 3.8) is 0 Å². The van der Waals surface area contributed by atoms with Crippen LogP contribution in [0.1, 0.15) is 37.7 Å². The molecule has 7 nitrogen and oxygen atoms in total. The molecule has 0 aromatic carbocycles. The first-order valence-corrected chi connectivity index (χ1v) is 9.69. The van der Waals surface area contributed by atoms with Crippen molar-refractivity contribution in [2.75, 3.05) is 12.9 Å². The van der Waals surface area contributed by atoms with E-state index in [1.807, 2.05) is 49.8 Å². The first-order valence-electron chi connectivity index (χ1n) is 8.47. The van der Waals surface area contributed by atoms with Crippen molar-refractivity contribution in [3.05, 3.63) is 30.1 Å². The lowest BCUT2D eigenvalue weighted by molar-refractivity contribution is -0.190. The van der Waals surface area contributed by atoms with E-state index >= 15 is 0 Å². The van der Waals surface area contributed by atoms with E-state index in [4.69, 9.17) is 4.74 Å². The molecule has 3 rings (SSSR count). The Balaban J connectivity index is 1.95. The summed E-state index contributed by atoms with van der Waals surface area (Å²) in [7, 11) is 0. The number of fused-ring (bicyclic) bond motifs is 1. The van der Waals surface area contributed by atoms with Gasteiger partial charge in [-0.25, -0.2) is 9.78 Å². The Hall–Kier alpha value is -2.06. The summed E-state index contributed by atoms with van der Waals surface area (Å²) in [5, 5.41) is 13.3. The minimum absolute atomic E-state index is 0.218. The van der Waals surface area contributed by atoms with E-state index in [1.165, 1.54) is 11.8 Å². The molecule has 0 spiro atoms. The molecular formula is C18H23N3O4S. The predicted octanol–water partition coefficient (Wildman–Crippen LogP) is 2.44. The number of carboxylic acid groups (broad SMARTS) is 1. The zero-order valence-electron chi connectivity index (χ0n) is 15.3. The maximum absolute atomic E-state index is 13.0. The number of aromatic nitrogens is 2. The van der Waals surface area contributed by atoms with Gasteiger partial charge in [-0.15, -0.1) is 0 Å². The van der Waals surface area contributed by atoms with Crippen LogP contribution in [-0.4, -0.2) is 50.9 Å².